The molecule has 0 atom stereocenters. The van der Waals surface area contributed by atoms with E-state index >= 15 is 0 Å². The van der Waals surface area contributed by atoms with Gasteiger partial charge in [0.2, 0.25) is 0 Å². The zero-order chi connectivity index (χ0) is 19.0. The Labute approximate surface area is 142 Å². The van der Waals surface area contributed by atoms with E-state index in [9.17, 15) is 0 Å². The number of nitriles is 1. The summed E-state index contributed by atoms with van der Waals surface area (Å²) in [5.74, 6) is 0. The SMILES string of the molecule is C=C/C(C)=C(C#N)\C=C(\C)CC.CC.CC.CCC.CCC. The van der Waals surface area contributed by atoms with Crippen LogP contribution < -0.4 is 0 Å². The third-order valence-corrected chi connectivity index (χ3v) is 1.80. The van der Waals surface area contributed by atoms with Crippen LogP contribution in [0.5, 0.6) is 0 Å². The van der Waals surface area contributed by atoms with Gasteiger partial charge in [0.1, 0.15) is 0 Å². The molecular formula is C21H43N. The molecule has 22 heavy (non-hydrogen) atoms. The van der Waals surface area contributed by atoms with Gasteiger partial charge in [0.25, 0.3) is 0 Å². The highest BCUT2D eigenvalue weighted by atomic mass is 14.2. The van der Waals surface area contributed by atoms with Crippen molar-refractivity contribution in [1.82, 2.24) is 0 Å². The minimum absolute atomic E-state index is 0.712. The molecule has 0 aromatic rings. The number of allylic oxidation sites excluding steroid dienone is 5. The standard InChI is InChI=1S/C11H15N.2C3H8.2C2H6/c1-5-9(3)7-11(8-12)10(4)6-2;2*1-3-2;2*1-2/h6-7H,2,5H2,1,3-4H3;2*3H2,1-2H3;2*1-2H3/b9-7-,11-10+;;;;. The molecule has 0 radical (unpaired) electrons. The smallest absolute Gasteiger partial charge is 0.0994 e. The predicted molar refractivity (Wildman–Crippen MR) is 107 cm³/mol. The van der Waals surface area contributed by atoms with Gasteiger partial charge in [0, 0.05) is 0 Å². The summed E-state index contributed by atoms with van der Waals surface area (Å²) >= 11 is 0. The average molecular weight is 310 g/mol. The lowest BCUT2D eigenvalue weighted by Crippen LogP contribution is -1.81. The van der Waals surface area contributed by atoms with Gasteiger partial charge < -0.3 is 0 Å². The van der Waals surface area contributed by atoms with Crippen molar-refractivity contribution in [2.75, 3.05) is 0 Å². The molecule has 1 heteroatoms. The van der Waals surface area contributed by atoms with Gasteiger partial charge in [-0.3, -0.25) is 0 Å². The van der Waals surface area contributed by atoms with Crippen LogP contribution in [0.4, 0.5) is 0 Å². The van der Waals surface area contributed by atoms with E-state index in [1.165, 1.54) is 18.4 Å². The van der Waals surface area contributed by atoms with Gasteiger partial charge in [-0.2, -0.15) is 5.26 Å². The van der Waals surface area contributed by atoms with Crippen molar-refractivity contribution in [1.29, 1.82) is 5.26 Å². The molecule has 0 saturated heterocycles. The average Bonchev–Trinajstić information content (AvgIpc) is 2.56. The van der Waals surface area contributed by atoms with E-state index in [4.69, 9.17) is 5.26 Å². The van der Waals surface area contributed by atoms with Crippen molar-refractivity contribution in [2.45, 2.75) is 95.4 Å². The summed E-state index contributed by atoms with van der Waals surface area (Å²) in [6.07, 6.45) is 7.10. The fraction of sp³-hybridized carbons (Fsp3) is 0.667. The first kappa shape index (κ1) is 32.6. The summed E-state index contributed by atoms with van der Waals surface area (Å²) in [5.41, 5.74) is 2.86. The third-order valence-electron chi connectivity index (χ3n) is 1.80. The fourth-order valence-electron chi connectivity index (χ4n) is 0.693. The molecule has 0 unspecified atom stereocenters. The first-order chi connectivity index (χ1) is 10.5. The maximum absolute atomic E-state index is 8.77. The quantitative estimate of drug-likeness (QED) is 0.380. The number of rotatable bonds is 3. The molecule has 0 saturated carbocycles. The van der Waals surface area contributed by atoms with Crippen LogP contribution in [0.2, 0.25) is 0 Å². The van der Waals surface area contributed by atoms with Crippen LogP contribution in [0.3, 0.4) is 0 Å². The highest BCUT2D eigenvalue weighted by Crippen LogP contribution is 2.10. The van der Waals surface area contributed by atoms with E-state index in [2.05, 4.69) is 47.3 Å². The first-order valence-electron chi connectivity index (χ1n) is 8.89. The van der Waals surface area contributed by atoms with Gasteiger partial charge in [-0.25, -0.2) is 0 Å². The second-order valence-electron chi connectivity index (χ2n) is 4.17. The van der Waals surface area contributed by atoms with Crippen molar-refractivity contribution in [3.63, 3.8) is 0 Å². The molecule has 0 aliphatic carbocycles. The lowest BCUT2D eigenvalue weighted by molar-refractivity contribution is 1.09. The summed E-state index contributed by atoms with van der Waals surface area (Å²) in [6.45, 7) is 26.1. The Hall–Kier alpha value is -1.29. The van der Waals surface area contributed by atoms with Gasteiger partial charge >= 0.3 is 0 Å². The van der Waals surface area contributed by atoms with Crippen LogP contribution >= 0.6 is 0 Å². The zero-order valence-electron chi connectivity index (χ0n) is 17.4. The molecule has 0 N–H and O–H groups in total. The van der Waals surface area contributed by atoms with Gasteiger partial charge in [-0.05, 0) is 31.9 Å². The Kier molecular flexibility index (Phi) is 54.4. The van der Waals surface area contributed by atoms with Crippen LogP contribution in [0.25, 0.3) is 0 Å². The summed E-state index contributed by atoms with van der Waals surface area (Å²) < 4.78 is 0. The molecule has 0 rings (SSSR count). The topological polar surface area (TPSA) is 23.8 Å². The van der Waals surface area contributed by atoms with E-state index < -0.39 is 0 Å². The highest BCUT2D eigenvalue weighted by molar-refractivity contribution is 5.42. The van der Waals surface area contributed by atoms with Crippen molar-refractivity contribution in [2.24, 2.45) is 0 Å². The maximum Gasteiger partial charge on any atom is 0.0994 e. The molecule has 0 amide bonds. The monoisotopic (exact) mass is 309 g/mol. The number of hydrogen-bond donors (Lipinski definition) is 0. The van der Waals surface area contributed by atoms with Crippen LogP contribution in [0.15, 0.2) is 35.5 Å². The molecule has 0 fully saturated rings. The molecule has 0 aromatic heterocycles. The Balaban J connectivity index is -0.0000000799. The molecule has 132 valence electrons. The van der Waals surface area contributed by atoms with Crippen molar-refractivity contribution < 1.29 is 0 Å². The van der Waals surface area contributed by atoms with Crippen LogP contribution in [0.1, 0.15) is 95.4 Å². The second kappa shape index (κ2) is 36.7. The molecule has 0 bridgehead atoms. The normalized spacial score (nSPS) is 9.45. The van der Waals surface area contributed by atoms with E-state index in [1.807, 2.05) is 47.6 Å². The molecule has 0 heterocycles. The van der Waals surface area contributed by atoms with E-state index in [-0.39, 0.29) is 0 Å². The number of hydrogen-bond acceptors (Lipinski definition) is 1. The van der Waals surface area contributed by atoms with Gasteiger partial charge in [0.05, 0.1) is 11.6 Å². The lowest BCUT2D eigenvalue weighted by Gasteiger charge is -1.96. The Bertz CT molecular complexity index is 286. The van der Waals surface area contributed by atoms with E-state index in [0.717, 1.165) is 12.0 Å². The van der Waals surface area contributed by atoms with E-state index in [1.54, 1.807) is 6.08 Å². The predicted octanol–water partition coefficient (Wildman–Crippen LogP) is 8.25. The first-order valence-corrected chi connectivity index (χ1v) is 8.89. The van der Waals surface area contributed by atoms with Crippen LogP contribution in [0, 0.1) is 11.3 Å². The molecule has 0 aliphatic rings. The largest absolute Gasteiger partial charge is 0.192 e. The summed E-state index contributed by atoms with van der Waals surface area (Å²) in [4.78, 5) is 0. The van der Waals surface area contributed by atoms with Gasteiger partial charge in [0.15, 0.2) is 0 Å². The van der Waals surface area contributed by atoms with Crippen molar-refractivity contribution in [3.05, 3.63) is 35.5 Å². The molecule has 1 nitrogen and oxygen atoms in total. The maximum atomic E-state index is 8.77. The van der Waals surface area contributed by atoms with Gasteiger partial charge in [-0.1, -0.05) is 93.4 Å². The van der Waals surface area contributed by atoms with Crippen molar-refractivity contribution >= 4 is 0 Å². The Morgan fingerprint density at radius 3 is 1.41 bits per heavy atom. The summed E-state index contributed by atoms with van der Waals surface area (Å²) in [6, 6.07) is 2.15. The minimum atomic E-state index is 0.712. The van der Waals surface area contributed by atoms with Crippen LogP contribution in [-0.4, -0.2) is 0 Å². The summed E-state index contributed by atoms with van der Waals surface area (Å²) in [5, 5.41) is 8.77. The molecule has 0 aromatic carbocycles. The highest BCUT2D eigenvalue weighted by Gasteiger charge is 1.94. The lowest BCUT2D eigenvalue weighted by atomic mass is 10.1. The van der Waals surface area contributed by atoms with Gasteiger partial charge in [-0.15, -0.1) is 0 Å². The molecule has 0 spiro atoms. The fourth-order valence-corrected chi connectivity index (χ4v) is 0.693. The van der Waals surface area contributed by atoms with Crippen LogP contribution in [-0.2, 0) is 0 Å². The number of nitrogens with zero attached hydrogens (tertiary/aromatic N) is 1. The molecular weight excluding hydrogens is 266 g/mol. The Morgan fingerprint density at radius 1 is 0.909 bits per heavy atom. The zero-order valence-corrected chi connectivity index (χ0v) is 17.4. The Morgan fingerprint density at radius 2 is 1.23 bits per heavy atom. The minimum Gasteiger partial charge on any atom is -0.192 e. The summed E-state index contributed by atoms with van der Waals surface area (Å²) in [7, 11) is 0. The second-order valence-corrected chi connectivity index (χ2v) is 4.17. The molecule has 0 aliphatic heterocycles. The van der Waals surface area contributed by atoms with E-state index in [0.29, 0.717) is 5.57 Å². The third kappa shape index (κ3) is 36.3. The van der Waals surface area contributed by atoms with Crippen molar-refractivity contribution in [3.8, 4) is 6.07 Å².